The van der Waals surface area contributed by atoms with Crippen molar-refractivity contribution in [2.24, 2.45) is 0 Å². The van der Waals surface area contributed by atoms with Crippen LogP contribution in [0, 0.1) is 28.7 Å². The van der Waals surface area contributed by atoms with Crippen molar-refractivity contribution in [1.82, 2.24) is 0 Å². The summed E-state index contributed by atoms with van der Waals surface area (Å²) in [5, 5.41) is 10.8. The van der Waals surface area contributed by atoms with E-state index in [9.17, 15) is 0 Å². The van der Waals surface area contributed by atoms with E-state index in [0.29, 0.717) is 0 Å². The summed E-state index contributed by atoms with van der Waals surface area (Å²) in [5.41, 5.74) is 2.69. The Labute approximate surface area is 233 Å². The SMILES string of the molecule is Cc1cc2ccc3ccccc3c2[cH-]1.Cc1cc2ccc3ccccc3c2[cH-]1.[CH3-].[CH3-].[Cl-].[Cl-].[Si]=[Zr]. The Kier molecular flexibility index (Phi) is 13.9. The van der Waals surface area contributed by atoms with Crippen LogP contribution in [0.3, 0.4) is 0 Å². The summed E-state index contributed by atoms with van der Waals surface area (Å²) >= 11 is 1.36. The van der Waals surface area contributed by atoms with E-state index in [1.165, 1.54) is 77.6 Å². The van der Waals surface area contributed by atoms with Crippen LogP contribution in [0.5, 0.6) is 0 Å². The van der Waals surface area contributed by atoms with Crippen molar-refractivity contribution in [2.45, 2.75) is 13.8 Å². The second kappa shape index (κ2) is 14.6. The van der Waals surface area contributed by atoms with Gasteiger partial charge in [-0.15, -0.1) is 56.9 Å². The van der Waals surface area contributed by atoms with Gasteiger partial charge in [-0.3, -0.25) is 0 Å². The summed E-state index contributed by atoms with van der Waals surface area (Å²) in [4.78, 5) is 0. The van der Waals surface area contributed by atoms with Crippen molar-refractivity contribution >= 4 is 50.0 Å². The molecule has 6 rings (SSSR count). The molecular formula is C30H28Cl2SiZr-6. The first kappa shape index (κ1) is 32.3. The van der Waals surface area contributed by atoms with Crippen molar-refractivity contribution in [1.29, 1.82) is 0 Å². The molecule has 0 amide bonds. The molecule has 0 aliphatic heterocycles. The maximum absolute atomic E-state index is 3.06. The number of hydrogen-bond acceptors (Lipinski definition) is 0. The molecule has 0 aromatic heterocycles. The zero-order chi connectivity index (χ0) is 21.1. The molecule has 0 spiro atoms. The first-order valence-electron chi connectivity index (χ1n) is 10.0. The predicted octanol–water partition coefficient (Wildman–Crippen LogP) is 2.57. The van der Waals surface area contributed by atoms with Crippen LogP contribution >= 0.6 is 0 Å². The van der Waals surface area contributed by atoms with E-state index >= 15 is 0 Å². The quantitative estimate of drug-likeness (QED) is 0.192. The maximum atomic E-state index is 3.06. The number of rotatable bonds is 0. The molecule has 176 valence electrons. The van der Waals surface area contributed by atoms with Crippen molar-refractivity contribution < 1.29 is 48.1 Å². The minimum atomic E-state index is 0. The molecule has 0 fully saturated rings. The van der Waals surface area contributed by atoms with Crippen molar-refractivity contribution in [2.75, 3.05) is 0 Å². The van der Waals surface area contributed by atoms with Crippen molar-refractivity contribution in [3.63, 3.8) is 0 Å². The first-order valence-corrected chi connectivity index (χ1v) is 14.2. The topological polar surface area (TPSA) is 0 Å². The predicted molar refractivity (Wildman–Crippen MR) is 142 cm³/mol. The molecule has 6 aromatic carbocycles. The molecule has 0 bridgehead atoms. The molecule has 2 radical (unpaired) electrons. The van der Waals surface area contributed by atoms with Gasteiger partial charge in [0.05, 0.1) is 0 Å². The number of fused-ring (bicyclic) bond motifs is 6. The summed E-state index contributed by atoms with van der Waals surface area (Å²) in [6.45, 7) is 7.36. The molecule has 0 N–H and O–H groups in total. The van der Waals surface area contributed by atoms with Gasteiger partial charge in [-0.05, 0) is 0 Å². The molecule has 0 heterocycles. The molecule has 0 nitrogen and oxygen atoms in total. The molecule has 34 heavy (non-hydrogen) atoms. The zero-order valence-corrected chi connectivity index (χ0v) is 25.0. The molecule has 0 unspecified atom stereocenters. The van der Waals surface area contributed by atoms with Crippen LogP contribution in [0.4, 0.5) is 0 Å². The van der Waals surface area contributed by atoms with Crippen LogP contribution in [-0.2, 0) is 23.3 Å². The summed E-state index contributed by atoms with van der Waals surface area (Å²) in [7, 11) is 0. The molecule has 6 aromatic rings. The fourth-order valence-electron chi connectivity index (χ4n) is 4.23. The fourth-order valence-corrected chi connectivity index (χ4v) is 4.23. The second-order valence-corrected chi connectivity index (χ2v) is 7.64. The number of aryl methyl sites for hydroxylation is 2. The number of halogens is 2. The van der Waals surface area contributed by atoms with Crippen LogP contribution in [-0.4, -0.2) is 6.88 Å². The van der Waals surface area contributed by atoms with E-state index < -0.39 is 0 Å². The molecule has 0 atom stereocenters. The number of hydrogen-bond donors (Lipinski definition) is 0. The van der Waals surface area contributed by atoms with Gasteiger partial charge in [0.25, 0.3) is 0 Å². The van der Waals surface area contributed by atoms with Crippen LogP contribution in [0.15, 0.2) is 97.1 Å². The Morgan fingerprint density at radius 2 is 0.853 bits per heavy atom. The summed E-state index contributed by atoms with van der Waals surface area (Å²) in [6.07, 6.45) is 0. The van der Waals surface area contributed by atoms with Gasteiger partial charge in [-0.2, -0.15) is 12.1 Å². The van der Waals surface area contributed by atoms with Crippen LogP contribution < -0.4 is 24.8 Å². The van der Waals surface area contributed by atoms with E-state index in [4.69, 9.17) is 0 Å². The van der Waals surface area contributed by atoms with Crippen molar-refractivity contribution in [3.05, 3.63) is 123 Å². The van der Waals surface area contributed by atoms with E-state index in [0.717, 1.165) is 0 Å². The Morgan fingerprint density at radius 1 is 0.529 bits per heavy atom. The summed E-state index contributed by atoms with van der Waals surface area (Å²) in [5.74, 6) is 0. The van der Waals surface area contributed by atoms with Gasteiger partial charge in [0.1, 0.15) is 0 Å². The Bertz CT molecular complexity index is 1350. The third kappa shape index (κ3) is 6.70. The number of benzene rings is 4. The van der Waals surface area contributed by atoms with Gasteiger partial charge < -0.3 is 39.7 Å². The second-order valence-electron chi connectivity index (χ2n) is 7.64. The van der Waals surface area contributed by atoms with E-state index in [1.807, 2.05) is 0 Å². The Hall–Kier alpha value is -1.70. The zero-order valence-electron chi connectivity index (χ0n) is 20.0. The van der Waals surface area contributed by atoms with Crippen LogP contribution in [0.25, 0.3) is 43.1 Å². The van der Waals surface area contributed by atoms with Gasteiger partial charge in [0.15, 0.2) is 0 Å². The third-order valence-electron chi connectivity index (χ3n) is 5.52. The average molecular weight is 579 g/mol. The van der Waals surface area contributed by atoms with Crippen molar-refractivity contribution in [3.8, 4) is 0 Å². The Morgan fingerprint density at radius 3 is 1.24 bits per heavy atom. The minimum absolute atomic E-state index is 0. The molecule has 0 aliphatic rings. The molecule has 4 heteroatoms. The van der Waals surface area contributed by atoms with Gasteiger partial charge in [0.2, 0.25) is 0 Å². The summed E-state index contributed by atoms with van der Waals surface area (Å²) < 4.78 is 0. The average Bonchev–Trinajstić information content (AvgIpc) is 3.37. The van der Waals surface area contributed by atoms with Gasteiger partial charge in [-0.1, -0.05) is 96.1 Å². The third-order valence-corrected chi connectivity index (χ3v) is 5.52. The van der Waals surface area contributed by atoms with Crippen LogP contribution in [0.2, 0.25) is 0 Å². The normalized spacial score (nSPS) is 9.32. The standard InChI is InChI=1S/2C14H11.2CH3.2ClH.Si.Zr/c2*1-10-8-12-7-6-11-4-2-3-5-13(11)14(12)9-10;;;;;;/h2*2-9H,1H3;2*1H3;2*1H;;/q4*-1;;;;/p-2. The van der Waals surface area contributed by atoms with Gasteiger partial charge >= 0.3 is 30.2 Å². The van der Waals surface area contributed by atoms with Gasteiger partial charge in [-0.25, -0.2) is 0 Å². The van der Waals surface area contributed by atoms with Gasteiger partial charge in [0, 0.05) is 0 Å². The van der Waals surface area contributed by atoms with E-state index in [-0.39, 0.29) is 39.7 Å². The summed E-state index contributed by atoms with van der Waals surface area (Å²) in [6, 6.07) is 34.9. The Balaban J connectivity index is 0.000000538. The first-order chi connectivity index (χ1) is 14.7. The fraction of sp³-hybridized carbons (Fsp3) is 0.0667. The monoisotopic (exact) mass is 576 g/mol. The van der Waals surface area contributed by atoms with E-state index in [1.54, 1.807) is 0 Å². The molecule has 0 aliphatic carbocycles. The molecule has 0 saturated heterocycles. The van der Waals surface area contributed by atoms with E-state index in [2.05, 4.69) is 118 Å². The van der Waals surface area contributed by atoms with Crippen LogP contribution in [0.1, 0.15) is 11.1 Å². The molecular weight excluding hydrogens is 551 g/mol. The molecule has 0 saturated carbocycles.